The van der Waals surface area contributed by atoms with E-state index < -0.39 is 47.9 Å². The first kappa shape index (κ1) is 20.0. The van der Waals surface area contributed by atoms with E-state index in [9.17, 15) is 8.78 Å². The van der Waals surface area contributed by atoms with Crippen LogP contribution in [0.2, 0.25) is 0 Å². The summed E-state index contributed by atoms with van der Waals surface area (Å²) in [4.78, 5) is 5.06. The maximum absolute atomic E-state index is 14.3. The van der Waals surface area contributed by atoms with Crippen molar-refractivity contribution in [3.05, 3.63) is 88.4 Å². The molecule has 6 rings (SSSR count). The van der Waals surface area contributed by atoms with Crippen LogP contribution in [0.15, 0.2) is 76.7 Å². The molecule has 1 unspecified atom stereocenters. The van der Waals surface area contributed by atoms with E-state index in [0.717, 1.165) is 22.2 Å². The van der Waals surface area contributed by atoms with Crippen molar-refractivity contribution in [2.24, 2.45) is 4.99 Å². The molecule has 0 amide bonds. The van der Waals surface area contributed by atoms with Crippen molar-refractivity contribution in [3.8, 4) is 0 Å². The molecule has 0 radical (unpaired) electrons. The Morgan fingerprint density at radius 3 is 2.61 bits per heavy atom. The van der Waals surface area contributed by atoms with Gasteiger partial charge < -0.3 is 3.53 Å². The fourth-order valence-electron chi connectivity index (χ4n) is 4.02. The number of nitrogens with zero attached hydrogens (tertiary/aromatic N) is 1. The van der Waals surface area contributed by atoms with Crippen molar-refractivity contribution >= 4 is 58.4 Å². The molecule has 1 fully saturated rings. The van der Waals surface area contributed by atoms with Crippen LogP contribution in [0.5, 0.6) is 0 Å². The normalized spacial score (nSPS) is 22.6. The monoisotopic (exact) mass is 641 g/mol. The van der Waals surface area contributed by atoms with Crippen molar-refractivity contribution in [3.63, 3.8) is 0 Å². The topological polar surface area (TPSA) is 36.4 Å². The molecule has 2 aromatic carbocycles. The maximum atomic E-state index is 14.3. The summed E-state index contributed by atoms with van der Waals surface area (Å²) in [5.41, 5.74) is 5.97. The van der Waals surface area contributed by atoms with Gasteiger partial charge in [0.15, 0.2) is 0 Å². The Labute approximate surface area is 199 Å². The highest BCUT2D eigenvalue weighted by Gasteiger charge is 2.31. The average molecular weight is 641 g/mol. The zero-order valence-corrected chi connectivity index (χ0v) is 20.7. The third kappa shape index (κ3) is 3.78. The van der Waals surface area contributed by atoms with E-state index in [1.807, 2.05) is 12.1 Å². The molecule has 0 spiro atoms. The molecule has 7 heteroatoms. The number of benzene rings is 2. The van der Waals surface area contributed by atoms with Gasteiger partial charge in [-0.15, -0.1) is 0 Å². The standard InChI is InChI=1S/C24H19F2I2N3/c25-14-11-18-21(19(26)12-14)31-28-24(18)30-23-17-7-3-4-8-20(17)29-22(27-23)16-6-2-1-5-15(16)13-9-10-13/h1-8,11,13,19,30-31H,9-10,12H2. The first-order valence-corrected chi connectivity index (χ1v) is 14.6. The van der Waals surface area contributed by atoms with E-state index in [0.29, 0.717) is 17.2 Å². The van der Waals surface area contributed by atoms with E-state index >= 15 is 0 Å². The molecule has 2 aliphatic heterocycles. The highest BCUT2D eigenvalue weighted by Crippen LogP contribution is 2.43. The lowest BCUT2D eigenvalue weighted by Gasteiger charge is -2.20. The Bertz CT molecular complexity index is 1250. The summed E-state index contributed by atoms with van der Waals surface area (Å²) in [5.74, 6) is 0.267. The lowest BCUT2D eigenvalue weighted by Crippen LogP contribution is -2.31. The van der Waals surface area contributed by atoms with Gasteiger partial charge in [0.25, 0.3) is 0 Å². The summed E-state index contributed by atoms with van der Waals surface area (Å²) in [6.07, 6.45) is 2.56. The third-order valence-corrected chi connectivity index (χ3v) is 10.7. The van der Waals surface area contributed by atoms with Gasteiger partial charge in [-0.1, -0.05) is 42.5 Å². The minimum Gasteiger partial charge on any atom is -0.333 e. The Morgan fingerprint density at radius 2 is 1.77 bits per heavy atom. The molecule has 0 bridgehead atoms. The van der Waals surface area contributed by atoms with Gasteiger partial charge in [0.05, 0.1) is 18.6 Å². The Morgan fingerprint density at radius 1 is 1.00 bits per heavy atom. The molecule has 0 saturated heterocycles. The van der Waals surface area contributed by atoms with Gasteiger partial charge in [0, 0.05) is 44.1 Å². The number of rotatable bonds is 4. The molecule has 1 saturated carbocycles. The van der Waals surface area contributed by atoms with E-state index in [1.165, 1.54) is 30.0 Å². The number of aliphatic imine (C=N–C) groups is 1. The van der Waals surface area contributed by atoms with Gasteiger partial charge in [0.1, 0.15) is 15.7 Å². The van der Waals surface area contributed by atoms with Crippen LogP contribution in [0.4, 0.5) is 14.5 Å². The Hall–Kier alpha value is -1.59. The van der Waals surface area contributed by atoms with Gasteiger partial charge in [0.2, 0.25) is 0 Å². The number of allylic oxidation sites excluding steroid dienone is 2. The molecule has 31 heavy (non-hydrogen) atoms. The van der Waals surface area contributed by atoms with Crippen LogP contribution in [0.1, 0.15) is 41.9 Å². The number of nitrogens with one attached hydrogen (secondary N) is 2. The molecule has 2 heterocycles. The number of halogens is 4. The van der Waals surface area contributed by atoms with Gasteiger partial charge >= 0.3 is 0 Å². The van der Waals surface area contributed by atoms with Gasteiger partial charge in [-0.3, -0.25) is 0 Å². The molecule has 0 aromatic heterocycles. The molecule has 158 valence electrons. The summed E-state index contributed by atoms with van der Waals surface area (Å²) in [5, 5.41) is 3.63. The SMILES string of the molecule is FC1=CC2=C(NI=C2NC2=IC(c3ccccc3C3CC3)=Nc3ccccc32)C(F)C1. The summed E-state index contributed by atoms with van der Waals surface area (Å²) < 4.78 is 34.8. The molecule has 2 aliphatic carbocycles. The maximum Gasteiger partial charge on any atom is 0.147 e. The molecular formula is C24H19F2I2N3. The average Bonchev–Trinajstić information content (AvgIpc) is 3.55. The third-order valence-electron chi connectivity index (χ3n) is 5.72. The minimum absolute atomic E-state index is 0.163. The zero-order valence-electron chi connectivity index (χ0n) is 16.4. The number of fused-ring (bicyclic) bond motifs is 1. The quantitative estimate of drug-likeness (QED) is 0.310. The second-order valence-electron chi connectivity index (χ2n) is 7.91. The van der Waals surface area contributed by atoms with Gasteiger partial charge in [-0.05, 0) is 57.2 Å². The molecule has 4 aliphatic rings. The van der Waals surface area contributed by atoms with Gasteiger partial charge in [-0.2, -0.15) is 0 Å². The van der Waals surface area contributed by atoms with Crippen LogP contribution < -0.4 is 8.85 Å². The van der Waals surface area contributed by atoms with Crippen LogP contribution in [-0.2, 0) is 0 Å². The number of alkyl halides is 1. The highest BCUT2D eigenvalue weighted by atomic mass is 127. The van der Waals surface area contributed by atoms with E-state index in [-0.39, 0.29) is 12.2 Å². The molecule has 1 atom stereocenters. The summed E-state index contributed by atoms with van der Waals surface area (Å²) in [6.45, 7) is 0. The van der Waals surface area contributed by atoms with Crippen LogP contribution in [0.25, 0.3) is 0 Å². The molecule has 3 nitrogen and oxygen atoms in total. The highest BCUT2D eigenvalue weighted by molar-refractivity contribution is 14.2. The first-order valence-electron chi connectivity index (χ1n) is 10.2. The largest absolute Gasteiger partial charge is 0.333 e. The smallest absolute Gasteiger partial charge is 0.147 e. The van der Waals surface area contributed by atoms with Crippen molar-refractivity contribution in [2.75, 3.05) is 0 Å². The Balaban J connectivity index is 1.41. The van der Waals surface area contributed by atoms with Crippen LogP contribution in [0.3, 0.4) is 0 Å². The van der Waals surface area contributed by atoms with Crippen molar-refractivity contribution in [1.82, 2.24) is 8.85 Å². The molecular weight excluding hydrogens is 622 g/mol. The van der Waals surface area contributed by atoms with Crippen LogP contribution in [0, 0.1) is 0 Å². The first-order chi connectivity index (χ1) is 15.2. The minimum atomic E-state index is -1.28. The fraction of sp³-hybridized carbons (Fsp3) is 0.208. The van der Waals surface area contributed by atoms with Crippen LogP contribution in [-0.4, -0.2) is 17.2 Å². The van der Waals surface area contributed by atoms with Gasteiger partial charge in [-0.25, -0.2) is 19.1 Å². The summed E-state index contributed by atoms with van der Waals surface area (Å²) in [6, 6.07) is 16.8. The van der Waals surface area contributed by atoms with Crippen LogP contribution >= 0.6 is 41.7 Å². The molecule has 2 aromatic rings. The van der Waals surface area contributed by atoms with E-state index in [1.54, 1.807) is 0 Å². The van der Waals surface area contributed by atoms with Crippen molar-refractivity contribution in [2.45, 2.75) is 31.4 Å². The second-order valence-corrected chi connectivity index (χ2v) is 12.7. The van der Waals surface area contributed by atoms with Crippen molar-refractivity contribution in [1.29, 1.82) is 0 Å². The van der Waals surface area contributed by atoms with Crippen molar-refractivity contribution < 1.29 is 8.78 Å². The Kier molecular flexibility index (Phi) is 5.22. The lowest BCUT2D eigenvalue weighted by molar-refractivity contribution is 0.346. The molecule has 2 N–H and O–H groups in total. The number of hydrogen-bond acceptors (Lipinski definition) is 3. The summed E-state index contributed by atoms with van der Waals surface area (Å²) >= 11 is -1.20. The summed E-state index contributed by atoms with van der Waals surface area (Å²) in [7, 11) is 0. The number of hydrogen-bond donors (Lipinski definition) is 2. The second kappa shape index (κ2) is 8.08. The fourth-order valence-corrected chi connectivity index (χ4v) is 9.70. The van der Waals surface area contributed by atoms with E-state index in [4.69, 9.17) is 4.99 Å². The number of para-hydroxylation sites is 1. The zero-order chi connectivity index (χ0) is 20.9. The van der Waals surface area contributed by atoms with E-state index in [2.05, 4.69) is 45.2 Å². The lowest BCUT2D eigenvalue weighted by atomic mass is 10.0. The predicted octanol–water partition coefficient (Wildman–Crippen LogP) is 6.16. The predicted molar refractivity (Wildman–Crippen MR) is 140 cm³/mol.